The van der Waals surface area contributed by atoms with Crippen LogP contribution in [-0.4, -0.2) is 47.9 Å². The topological polar surface area (TPSA) is 49.9 Å². The third-order valence-electron chi connectivity index (χ3n) is 6.56. The maximum absolute atomic E-state index is 13.5. The number of amides is 2. The first kappa shape index (κ1) is 23.7. The van der Waals surface area contributed by atoms with Crippen LogP contribution < -0.4 is 4.74 Å². The van der Waals surface area contributed by atoms with Crippen molar-refractivity contribution in [3.63, 3.8) is 0 Å². The zero-order valence-electron chi connectivity index (χ0n) is 19.5. The van der Waals surface area contributed by atoms with Crippen molar-refractivity contribution in [2.24, 2.45) is 11.8 Å². The predicted molar refractivity (Wildman–Crippen MR) is 128 cm³/mol. The fraction of sp³-hybridized carbons (Fsp3) is 0.538. The lowest BCUT2D eigenvalue weighted by atomic mass is 10.00. The number of rotatable bonds is 8. The highest BCUT2D eigenvalue weighted by Gasteiger charge is 2.35. The quantitative estimate of drug-likeness (QED) is 0.539. The lowest BCUT2D eigenvalue weighted by Gasteiger charge is -2.37. The van der Waals surface area contributed by atoms with E-state index in [0.29, 0.717) is 31.4 Å². The molecule has 0 bridgehead atoms. The van der Waals surface area contributed by atoms with E-state index in [2.05, 4.69) is 25.3 Å². The van der Waals surface area contributed by atoms with Crippen molar-refractivity contribution < 1.29 is 18.7 Å². The van der Waals surface area contributed by atoms with Gasteiger partial charge < -0.3 is 14.5 Å². The molecule has 2 aromatic rings. The van der Waals surface area contributed by atoms with E-state index >= 15 is 0 Å². The molecule has 2 heterocycles. The summed E-state index contributed by atoms with van der Waals surface area (Å²) in [6.45, 7) is 5.77. The van der Waals surface area contributed by atoms with Crippen molar-refractivity contribution in [2.45, 2.75) is 52.0 Å². The van der Waals surface area contributed by atoms with Crippen LogP contribution in [0.5, 0.6) is 5.75 Å². The van der Waals surface area contributed by atoms with Gasteiger partial charge >= 0.3 is 0 Å². The van der Waals surface area contributed by atoms with Gasteiger partial charge in [0.1, 0.15) is 18.2 Å². The van der Waals surface area contributed by atoms with Gasteiger partial charge in [-0.25, -0.2) is 4.39 Å². The molecule has 7 heteroatoms. The molecule has 0 unspecified atom stereocenters. The smallest absolute Gasteiger partial charge is 0.242 e. The van der Waals surface area contributed by atoms with Crippen LogP contribution in [0.4, 0.5) is 4.39 Å². The highest BCUT2D eigenvalue weighted by atomic mass is 32.1. The Morgan fingerprint density at radius 1 is 1.18 bits per heavy atom. The maximum atomic E-state index is 13.5. The fourth-order valence-corrected chi connectivity index (χ4v) is 5.87. The molecule has 0 radical (unpaired) electrons. The zero-order chi connectivity index (χ0) is 23.4. The molecule has 1 aliphatic heterocycles. The van der Waals surface area contributed by atoms with E-state index in [1.54, 1.807) is 28.4 Å². The highest BCUT2D eigenvalue weighted by molar-refractivity contribution is 7.10. The average Bonchev–Trinajstić information content (AvgIpc) is 3.49. The number of hydrogen-bond donors (Lipinski definition) is 0. The first-order chi connectivity index (χ1) is 15.9. The van der Waals surface area contributed by atoms with Gasteiger partial charge in [-0.15, -0.1) is 11.3 Å². The summed E-state index contributed by atoms with van der Waals surface area (Å²) in [4.78, 5) is 31.6. The van der Waals surface area contributed by atoms with Gasteiger partial charge in [0.2, 0.25) is 11.8 Å². The molecule has 1 fully saturated rings. The molecule has 1 aromatic heterocycles. The zero-order valence-corrected chi connectivity index (χ0v) is 20.3. The normalized spacial score (nSPS) is 18.4. The van der Waals surface area contributed by atoms with E-state index in [-0.39, 0.29) is 36.1 Å². The Kier molecular flexibility index (Phi) is 7.68. The molecule has 2 aliphatic rings. The maximum Gasteiger partial charge on any atom is 0.242 e. The molecule has 2 amide bonds. The second kappa shape index (κ2) is 10.7. The van der Waals surface area contributed by atoms with Gasteiger partial charge in [0.25, 0.3) is 0 Å². The van der Waals surface area contributed by atoms with Gasteiger partial charge in [-0.05, 0) is 66.5 Å². The van der Waals surface area contributed by atoms with Gasteiger partial charge in [-0.1, -0.05) is 26.7 Å². The van der Waals surface area contributed by atoms with Crippen molar-refractivity contribution in [3.8, 4) is 5.75 Å². The van der Waals surface area contributed by atoms with Crippen molar-refractivity contribution >= 4 is 23.2 Å². The van der Waals surface area contributed by atoms with E-state index in [4.69, 9.17) is 4.74 Å². The molecular weight excluding hydrogens is 439 g/mol. The van der Waals surface area contributed by atoms with E-state index < -0.39 is 0 Å². The molecule has 5 nitrogen and oxygen atoms in total. The van der Waals surface area contributed by atoms with Crippen LogP contribution in [0.2, 0.25) is 0 Å². The number of carbonyl (C=O) groups excluding carboxylic acids is 2. The fourth-order valence-electron chi connectivity index (χ4n) is 4.94. The molecule has 1 atom stereocenters. The lowest BCUT2D eigenvalue weighted by molar-refractivity contribution is -0.145. The SMILES string of the molecule is CC(C)CN(CC(=O)N1CCc2sccc2[C@@H]1COc1ccc(F)cc1)C(=O)C1CCCC1. The number of ether oxygens (including phenoxy) is 1. The lowest BCUT2D eigenvalue weighted by Crippen LogP contribution is -2.49. The van der Waals surface area contributed by atoms with E-state index in [0.717, 1.165) is 37.7 Å². The number of nitrogens with zero attached hydrogens (tertiary/aromatic N) is 2. The second-order valence-electron chi connectivity index (χ2n) is 9.51. The van der Waals surface area contributed by atoms with Crippen LogP contribution in [0.15, 0.2) is 35.7 Å². The van der Waals surface area contributed by atoms with Crippen LogP contribution >= 0.6 is 11.3 Å². The number of halogens is 1. The van der Waals surface area contributed by atoms with E-state index in [9.17, 15) is 14.0 Å². The summed E-state index contributed by atoms with van der Waals surface area (Å²) in [7, 11) is 0. The van der Waals surface area contributed by atoms with Crippen LogP contribution in [0, 0.1) is 17.7 Å². The molecule has 0 spiro atoms. The first-order valence-corrected chi connectivity index (χ1v) is 12.8. The third kappa shape index (κ3) is 5.75. The molecule has 1 aromatic carbocycles. The summed E-state index contributed by atoms with van der Waals surface area (Å²) in [5.41, 5.74) is 1.11. The number of thiophene rings is 1. The van der Waals surface area contributed by atoms with Gasteiger partial charge in [0.15, 0.2) is 0 Å². The Bertz CT molecular complexity index is 953. The molecular formula is C26H33FN2O3S. The van der Waals surface area contributed by atoms with Crippen molar-refractivity contribution in [1.29, 1.82) is 0 Å². The number of benzene rings is 1. The number of hydrogen-bond acceptors (Lipinski definition) is 4. The highest BCUT2D eigenvalue weighted by Crippen LogP contribution is 2.34. The Morgan fingerprint density at radius 2 is 1.91 bits per heavy atom. The van der Waals surface area contributed by atoms with Gasteiger partial charge in [0.05, 0.1) is 12.6 Å². The summed E-state index contributed by atoms with van der Waals surface area (Å²) in [5, 5.41) is 2.05. The van der Waals surface area contributed by atoms with E-state index in [1.807, 2.05) is 4.90 Å². The largest absolute Gasteiger partial charge is 0.491 e. The van der Waals surface area contributed by atoms with Crippen LogP contribution in [0.3, 0.4) is 0 Å². The monoisotopic (exact) mass is 472 g/mol. The standard InChI is InChI=1S/C26H33FN2O3S/c1-18(2)15-28(26(31)19-5-3-4-6-19)16-25(30)29-13-11-24-22(12-14-33-24)23(29)17-32-21-9-7-20(27)8-10-21/h7-10,12,14,18-19,23H,3-6,11,13,15-17H2,1-2H3/t23-/m0/s1. The summed E-state index contributed by atoms with van der Waals surface area (Å²) < 4.78 is 19.2. The van der Waals surface area contributed by atoms with Crippen LogP contribution in [-0.2, 0) is 16.0 Å². The molecule has 178 valence electrons. The Balaban J connectivity index is 1.49. The van der Waals surface area contributed by atoms with E-state index in [1.165, 1.54) is 17.0 Å². The minimum atomic E-state index is -0.311. The second-order valence-corrected chi connectivity index (χ2v) is 10.5. The predicted octanol–water partition coefficient (Wildman–Crippen LogP) is 5.07. The Morgan fingerprint density at radius 3 is 2.61 bits per heavy atom. The number of carbonyl (C=O) groups is 2. The van der Waals surface area contributed by atoms with Gasteiger partial charge in [-0.2, -0.15) is 0 Å². The summed E-state index contributed by atoms with van der Waals surface area (Å²) in [6, 6.07) is 7.78. The third-order valence-corrected chi connectivity index (χ3v) is 7.56. The molecule has 1 aliphatic carbocycles. The first-order valence-electron chi connectivity index (χ1n) is 11.9. The Hall–Kier alpha value is -2.41. The van der Waals surface area contributed by atoms with Crippen LogP contribution in [0.1, 0.15) is 56.0 Å². The van der Waals surface area contributed by atoms with Gasteiger partial charge in [-0.3, -0.25) is 9.59 Å². The van der Waals surface area contributed by atoms with Crippen molar-refractivity contribution in [1.82, 2.24) is 9.80 Å². The minimum absolute atomic E-state index is 0.0356. The summed E-state index contributed by atoms with van der Waals surface area (Å²) >= 11 is 1.70. The molecule has 4 rings (SSSR count). The number of fused-ring (bicyclic) bond motifs is 1. The summed E-state index contributed by atoms with van der Waals surface area (Å²) in [5.74, 6) is 0.705. The molecule has 0 N–H and O–H groups in total. The Labute approximate surface area is 199 Å². The van der Waals surface area contributed by atoms with Gasteiger partial charge in [0, 0.05) is 23.9 Å². The van der Waals surface area contributed by atoms with Crippen molar-refractivity contribution in [3.05, 3.63) is 52.0 Å². The van der Waals surface area contributed by atoms with Crippen molar-refractivity contribution in [2.75, 3.05) is 26.2 Å². The summed E-state index contributed by atoms with van der Waals surface area (Å²) in [6.07, 6.45) is 4.85. The molecule has 0 saturated heterocycles. The van der Waals surface area contributed by atoms with Crippen LogP contribution in [0.25, 0.3) is 0 Å². The molecule has 1 saturated carbocycles. The molecule has 33 heavy (non-hydrogen) atoms. The average molecular weight is 473 g/mol. The minimum Gasteiger partial charge on any atom is -0.491 e.